The van der Waals surface area contributed by atoms with Gasteiger partial charge in [-0.15, -0.1) is 0 Å². The summed E-state index contributed by atoms with van der Waals surface area (Å²) in [7, 11) is 0. The van der Waals surface area contributed by atoms with Crippen molar-refractivity contribution in [1.82, 2.24) is 0 Å². The molecule has 0 bridgehead atoms. The minimum absolute atomic E-state index is 1.20. The Morgan fingerprint density at radius 3 is 1.86 bits per heavy atom. The van der Waals surface area contributed by atoms with E-state index in [9.17, 15) is 0 Å². The summed E-state index contributed by atoms with van der Waals surface area (Å²) in [5.74, 6) is 0. The Labute approximate surface area is 61.4 Å². The van der Waals surface area contributed by atoms with E-state index in [1.54, 1.807) is 12.8 Å². The molecule has 0 aromatic heterocycles. The fourth-order valence-electron chi connectivity index (χ4n) is 1.13. The molecule has 0 heterocycles. The molecule has 0 saturated heterocycles. The second-order valence-corrected chi connectivity index (χ2v) is 6.06. The predicted molar refractivity (Wildman–Crippen MR) is 34.0 cm³/mol. The van der Waals surface area contributed by atoms with Crippen molar-refractivity contribution in [3.63, 3.8) is 0 Å². The minimum atomic E-state index is 1.20. The molecule has 0 atom stereocenters. The van der Waals surface area contributed by atoms with E-state index in [1.807, 2.05) is 0 Å². The number of hydrogen-bond acceptors (Lipinski definition) is 0. The third kappa shape index (κ3) is 2.11. The van der Waals surface area contributed by atoms with Gasteiger partial charge in [0.05, 0.1) is 0 Å². The quantitative estimate of drug-likeness (QED) is 0.595. The Morgan fingerprint density at radius 1 is 1.00 bits per heavy atom. The molecule has 1 rings (SSSR count). The summed E-state index contributed by atoms with van der Waals surface area (Å²) in [6.07, 6.45) is 7.70. The summed E-state index contributed by atoms with van der Waals surface area (Å²) in [4.78, 5) is 0. The normalized spacial score (nSPS) is 25.3. The van der Waals surface area contributed by atoms with Crippen molar-refractivity contribution < 1.29 is 0 Å². The monoisotopic (exact) mass is 292 g/mol. The zero-order valence-corrected chi connectivity index (χ0v) is 9.18. The maximum absolute atomic E-state index is 1.56. The first-order chi connectivity index (χ1) is 3.39. The number of hydrogen-bond donors (Lipinski definition) is 0. The molecular formula is C6H12Pb. The molecule has 1 aliphatic rings. The van der Waals surface area contributed by atoms with Crippen LogP contribution < -0.4 is 0 Å². The van der Waals surface area contributed by atoms with Gasteiger partial charge in [-0.3, -0.25) is 0 Å². The van der Waals surface area contributed by atoms with Crippen LogP contribution in [0.5, 0.6) is 0 Å². The summed E-state index contributed by atoms with van der Waals surface area (Å²) >= 11 is 1.27. The summed E-state index contributed by atoms with van der Waals surface area (Å²) in [6, 6.07) is 0. The topological polar surface area (TPSA) is 0 Å². The Balaban J connectivity index is 2.12. The van der Waals surface area contributed by atoms with Crippen LogP contribution in [0, 0.1) is 0 Å². The molecule has 7 heavy (non-hydrogen) atoms. The Hall–Kier alpha value is 0.922. The Morgan fingerprint density at radius 2 is 1.57 bits per heavy atom. The van der Waals surface area contributed by atoms with Gasteiger partial charge < -0.3 is 0 Å². The van der Waals surface area contributed by atoms with Crippen molar-refractivity contribution in [2.45, 2.75) is 35.6 Å². The van der Waals surface area contributed by atoms with Gasteiger partial charge in [-0.2, -0.15) is 0 Å². The van der Waals surface area contributed by atoms with Crippen LogP contribution in [0.2, 0.25) is 3.48 Å². The van der Waals surface area contributed by atoms with E-state index in [0.717, 1.165) is 0 Å². The molecule has 1 aliphatic carbocycles. The van der Waals surface area contributed by atoms with E-state index in [4.69, 9.17) is 0 Å². The molecular weight excluding hydrogens is 279 g/mol. The standard InChI is InChI=1S/C6H11.Pb.H/c1-2-4-6-5-3-1;;/h1H,2-6H2;;. The van der Waals surface area contributed by atoms with E-state index >= 15 is 0 Å². The van der Waals surface area contributed by atoms with Gasteiger partial charge in [-0.1, -0.05) is 0 Å². The molecule has 0 N–H and O–H groups in total. The molecule has 1 saturated carbocycles. The summed E-state index contributed by atoms with van der Waals surface area (Å²) in [6.45, 7) is 0. The maximum atomic E-state index is 1.56. The summed E-state index contributed by atoms with van der Waals surface area (Å²) in [5, 5.41) is 0. The van der Waals surface area contributed by atoms with Gasteiger partial charge in [0.2, 0.25) is 0 Å². The predicted octanol–water partition coefficient (Wildman–Crippen LogP) is 1.64. The first-order valence-corrected chi connectivity index (χ1v) is 5.74. The van der Waals surface area contributed by atoms with E-state index in [0.29, 0.717) is 0 Å². The second kappa shape index (κ2) is 3.05. The molecule has 0 nitrogen and oxygen atoms in total. The van der Waals surface area contributed by atoms with E-state index in [-0.39, 0.29) is 0 Å². The molecule has 40 valence electrons. The van der Waals surface area contributed by atoms with Crippen molar-refractivity contribution >= 4 is 25.8 Å². The summed E-state index contributed by atoms with van der Waals surface area (Å²) < 4.78 is 1.20. The Kier molecular flexibility index (Phi) is 2.64. The fraction of sp³-hybridized carbons (Fsp3) is 1.00. The second-order valence-electron chi connectivity index (χ2n) is 2.40. The third-order valence-electron chi connectivity index (χ3n) is 1.65. The van der Waals surface area contributed by atoms with Crippen molar-refractivity contribution in [2.24, 2.45) is 0 Å². The molecule has 0 aliphatic heterocycles. The van der Waals surface area contributed by atoms with Crippen LogP contribution in [0.1, 0.15) is 32.1 Å². The first-order valence-electron chi connectivity index (χ1n) is 3.15. The van der Waals surface area contributed by atoms with Gasteiger partial charge in [0.25, 0.3) is 0 Å². The zero-order chi connectivity index (χ0) is 5.11. The molecule has 1 heteroatoms. The van der Waals surface area contributed by atoms with E-state index < -0.39 is 0 Å². The summed E-state index contributed by atoms with van der Waals surface area (Å²) in [5.41, 5.74) is 0. The molecule has 1 fully saturated rings. The van der Waals surface area contributed by atoms with Gasteiger partial charge in [0, 0.05) is 0 Å². The molecule has 0 unspecified atom stereocenters. The van der Waals surface area contributed by atoms with Crippen molar-refractivity contribution in [2.75, 3.05) is 0 Å². The molecule has 0 spiro atoms. The van der Waals surface area contributed by atoms with Crippen LogP contribution in [0.3, 0.4) is 0 Å². The molecule has 0 amide bonds. The first kappa shape index (κ1) is 6.05. The van der Waals surface area contributed by atoms with E-state index in [1.165, 1.54) is 48.5 Å². The third-order valence-corrected chi connectivity index (χ3v) is 4.24. The van der Waals surface area contributed by atoms with Crippen molar-refractivity contribution in [3.8, 4) is 0 Å². The van der Waals surface area contributed by atoms with Gasteiger partial charge in [0.15, 0.2) is 0 Å². The zero-order valence-electron chi connectivity index (χ0n) is 4.69. The van der Waals surface area contributed by atoms with Gasteiger partial charge in [-0.05, 0) is 0 Å². The van der Waals surface area contributed by atoms with Crippen LogP contribution in [-0.2, 0) is 0 Å². The van der Waals surface area contributed by atoms with Crippen LogP contribution in [0.15, 0.2) is 0 Å². The van der Waals surface area contributed by atoms with E-state index in [2.05, 4.69) is 0 Å². The van der Waals surface area contributed by atoms with Gasteiger partial charge >= 0.3 is 61.3 Å². The van der Waals surface area contributed by atoms with Crippen LogP contribution in [-0.4, -0.2) is 25.8 Å². The van der Waals surface area contributed by atoms with Gasteiger partial charge in [0.1, 0.15) is 0 Å². The SMILES string of the molecule is [PbH][CH]1CCCCC1. The average molecular weight is 291 g/mol. The van der Waals surface area contributed by atoms with Crippen molar-refractivity contribution in [3.05, 3.63) is 0 Å². The van der Waals surface area contributed by atoms with Crippen LogP contribution in [0.25, 0.3) is 0 Å². The van der Waals surface area contributed by atoms with Crippen LogP contribution >= 0.6 is 0 Å². The average Bonchev–Trinajstić information content (AvgIpc) is 1.69. The molecule has 2 radical (unpaired) electrons. The fourth-order valence-corrected chi connectivity index (χ4v) is 2.97. The van der Waals surface area contributed by atoms with Gasteiger partial charge in [-0.25, -0.2) is 0 Å². The van der Waals surface area contributed by atoms with Crippen LogP contribution in [0.4, 0.5) is 0 Å². The number of rotatable bonds is 0. The molecule has 0 aromatic rings. The molecule has 0 aromatic carbocycles. The van der Waals surface area contributed by atoms with Crippen molar-refractivity contribution in [1.29, 1.82) is 0 Å². The Bertz CT molecular complexity index is 46.1.